The maximum atomic E-state index is 12.7. The van der Waals surface area contributed by atoms with Crippen LogP contribution in [0.3, 0.4) is 0 Å². The van der Waals surface area contributed by atoms with E-state index < -0.39 is 0 Å². The summed E-state index contributed by atoms with van der Waals surface area (Å²) < 4.78 is 1.30. The molecule has 0 aliphatic carbocycles. The number of amides is 1. The summed E-state index contributed by atoms with van der Waals surface area (Å²) in [6, 6.07) is 17.6. The maximum absolute atomic E-state index is 12.7. The van der Waals surface area contributed by atoms with Gasteiger partial charge in [-0.3, -0.25) is 9.59 Å². The Labute approximate surface area is 196 Å². The quantitative estimate of drug-likeness (QED) is 0.551. The summed E-state index contributed by atoms with van der Waals surface area (Å²) in [6.07, 6.45) is 1.63. The molecule has 1 aromatic heterocycles. The van der Waals surface area contributed by atoms with Crippen molar-refractivity contribution in [3.05, 3.63) is 87.3 Å². The number of aromatic nitrogens is 2. The molecule has 6 nitrogen and oxygen atoms in total. The molecule has 2 aromatic carbocycles. The molecule has 1 amide bonds. The van der Waals surface area contributed by atoms with E-state index in [4.69, 9.17) is 11.6 Å². The Morgan fingerprint density at radius 2 is 1.72 bits per heavy atom. The van der Waals surface area contributed by atoms with Crippen molar-refractivity contribution in [2.24, 2.45) is 0 Å². The van der Waals surface area contributed by atoms with Crippen LogP contribution in [0.5, 0.6) is 0 Å². The number of halogens is 1. The molecule has 0 atom stereocenters. The van der Waals surface area contributed by atoms with Gasteiger partial charge in [0, 0.05) is 31.9 Å². The van der Waals surface area contributed by atoms with Gasteiger partial charge in [0.25, 0.3) is 5.56 Å². The van der Waals surface area contributed by atoms with Crippen molar-refractivity contribution in [2.75, 3.05) is 36.8 Å². The minimum absolute atomic E-state index is 0.144. The van der Waals surface area contributed by atoms with Gasteiger partial charge >= 0.3 is 0 Å². The third-order valence-electron chi connectivity index (χ3n) is 5.49. The zero-order valence-corrected chi connectivity index (χ0v) is 19.5. The van der Waals surface area contributed by atoms with Crippen molar-refractivity contribution in [1.82, 2.24) is 14.7 Å². The zero-order valence-electron chi connectivity index (χ0n) is 17.9. The molecule has 32 heavy (non-hydrogen) atoms. The lowest BCUT2D eigenvalue weighted by Crippen LogP contribution is -2.49. The summed E-state index contributed by atoms with van der Waals surface area (Å²) >= 11 is 8.05. The minimum Gasteiger partial charge on any atom is -0.365 e. The number of nitrogens with zero attached hydrogens (tertiary/aromatic N) is 4. The number of hydrogen-bond donors (Lipinski definition) is 0. The van der Waals surface area contributed by atoms with Crippen molar-refractivity contribution in [3.8, 4) is 5.69 Å². The second-order valence-corrected chi connectivity index (χ2v) is 9.11. The SMILES string of the molecule is Cc1ccc(CSCC(=O)N2CCN(c3cnn(-c4ccccc4)c(=O)c3Cl)CC2)cc1. The molecule has 1 saturated heterocycles. The highest BCUT2D eigenvalue weighted by Gasteiger charge is 2.24. The monoisotopic (exact) mass is 468 g/mol. The van der Waals surface area contributed by atoms with Gasteiger partial charge in [0.05, 0.1) is 23.3 Å². The Morgan fingerprint density at radius 3 is 2.41 bits per heavy atom. The molecule has 1 aliphatic heterocycles. The molecule has 4 rings (SSSR count). The summed E-state index contributed by atoms with van der Waals surface area (Å²) in [5.41, 5.74) is 3.40. The molecular weight excluding hydrogens is 444 g/mol. The van der Waals surface area contributed by atoms with Gasteiger partial charge in [-0.2, -0.15) is 9.78 Å². The molecule has 0 spiro atoms. The molecule has 0 radical (unpaired) electrons. The number of piperazine rings is 1. The predicted octanol–water partition coefficient (Wildman–Crippen LogP) is 3.78. The first-order valence-corrected chi connectivity index (χ1v) is 12.1. The fourth-order valence-corrected chi connectivity index (χ4v) is 4.76. The number of para-hydroxylation sites is 1. The van der Waals surface area contributed by atoms with Crippen LogP contribution in [-0.2, 0) is 10.5 Å². The minimum atomic E-state index is -0.346. The van der Waals surface area contributed by atoms with E-state index >= 15 is 0 Å². The standard InChI is InChI=1S/C24H25ClN4O2S/c1-18-7-9-19(10-8-18)16-32-17-22(30)28-13-11-27(12-14-28)21-15-26-29(24(31)23(21)25)20-5-3-2-4-6-20/h2-10,15H,11-14,16-17H2,1H3. The van der Waals surface area contributed by atoms with Crippen LogP contribution in [0, 0.1) is 6.92 Å². The predicted molar refractivity (Wildman–Crippen MR) is 131 cm³/mol. The summed E-state index contributed by atoms with van der Waals surface area (Å²) in [5, 5.41) is 4.46. The van der Waals surface area contributed by atoms with Crippen LogP contribution in [0.4, 0.5) is 5.69 Å². The lowest BCUT2D eigenvalue weighted by Gasteiger charge is -2.36. The molecule has 1 aliphatic rings. The first kappa shape index (κ1) is 22.4. The molecule has 2 heterocycles. The van der Waals surface area contributed by atoms with Gasteiger partial charge < -0.3 is 9.80 Å². The fourth-order valence-electron chi connectivity index (χ4n) is 3.63. The number of rotatable bonds is 6. The number of thioether (sulfide) groups is 1. The van der Waals surface area contributed by atoms with Crippen LogP contribution in [0.15, 0.2) is 65.6 Å². The molecule has 3 aromatic rings. The maximum Gasteiger partial charge on any atom is 0.292 e. The van der Waals surface area contributed by atoms with Crippen molar-refractivity contribution in [3.63, 3.8) is 0 Å². The van der Waals surface area contributed by atoms with E-state index in [0.29, 0.717) is 43.3 Å². The average molecular weight is 469 g/mol. The second kappa shape index (κ2) is 10.2. The van der Waals surface area contributed by atoms with Crippen LogP contribution in [0.25, 0.3) is 5.69 Å². The van der Waals surface area contributed by atoms with Gasteiger partial charge in [-0.1, -0.05) is 59.6 Å². The lowest BCUT2D eigenvalue weighted by molar-refractivity contribution is -0.128. The van der Waals surface area contributed by atoms with Crippen LogP contribution >= 0.6 is 23.4 Å². The van der Waals surface area contributed by atoms with E-state index in [0.717, 1.165) is 5.75 Å². The normalized spacial score (nSPS) is 13.9. The van der Waals surface area contributed by atoms with Crippen molar-refractivity contribution < 1.29 is 4.79 Å². The first-order valence-electron chi connectivity index (χ1n) is 10.5. The Hall–Kier alpha value is -2.77. The molecule has 0 bridgehead atoms. The third kappa shape index (κ3) is 5.16. The van der Waals surface area contributed by atoms with E-state index in [1.165, 1.54) is 15.8 Å². The molecule has 1 fully saturated rings. The van der Waals surface area contributed by atoms with E-state index in [2.05, 4.69) is 36.3 Å². The Morgan fingerprint density at radius 1 is 1.03 bits per heavy atom. The number of carbonyl (C=O) groups is 1. The zero-order chi connectivity index (χ0) is 22.5. The summed E-state index contributed by atoms with van der Waals surface area (Å²) in [5.74, 6) is 1.43. The van der Waals surface area contributed by atoms with E-state index in [1.54, 1.807) is 18.0 Å². The van der Waals surface area contributed by atoms with Crippen LogP contribution < -0.4 is 10.5 Å². The molecule has 166 valence electrons. The highest BCUT2D eigenvalue weighted by atomic mass is 35.5. The summed E-state index contributed by atoms with van der Waals surface area (Å²) in [4.78, 5) is 29.2. The smallest absolute Gasteiger partial charge is 0.292 e. The fraction of sp³-hybridized carbons (Fsp3) is 0.292. The Kier molecular flexibility index (Phi) is 7.17. The third-order valence-corrected chi connectivity index (χ3v) is 6.83. The van der Waals surface area contributed by atoms with Crippen molar-refractivity contribution in [1.29, 1.82) is 0 Å². The van der Waals surface area contributed by atoms with Gasteiger partial charge in [-0.05, 0) is 24.6 Å². The number of carbonyl (C=O) groups excluding carboxylic acids is 1. The van der Waals surface area contributed by atoms with Gasteiger partial charge in [-0.15, -0.1) is 11.8 Å². The van der Waals surface area contributed by atoms with E-state index in [1.807, 2.05) is 40.1 Å². The van der Waals surface area contributed by atoms with E-state index in [9.17, 15) is 9.59 Å². The molecule has 0 N–H and O–H groups in total. The lowest BCUT2D eigenvalue weighted by atomic mass is 10.2. The molecule has 0 unspecified atom stereocenters. The number of benzene rings is 2. The van der Waals surface area contributed by atoms with Gasteiger partial charge in [0.15, 0.2) is 0 Å². The Bertz CT molecular complexity index is 1130. The number of aryl methyl sites for hydroxylation is 1. The number of anilines is 1. The highest BCUT2D eigenvalue weighted by molar-refractivity contribution is 7.99. The van der Waals surface area contributed by atoms with Gasteiger partial charge in [0.1, 0.15) is 5.02 Å². The highest BCUT2D eigenvalue weighted by Crippen LogP contribution is 2.23. The average Bonchev–Trinajstić information content (AvgIpc) is 2.83. The topological polar surface area (TPSA) is 58.4 Å². The van der Waals surface area contributed by atoms with Gasteiger partial charge in [0.2, 0.25) is 5.91 Å². The number of hydrogen-bond acceptors (Lipinski definition) is 5. The summed E-state index contributed by atoms with van der Waals surface area (Å²) in [7, 11) is 0. The van der Waals surface area contributed by atoms with Crippen LogP contribution in [0.1, 0.15) is 11.1 Å². The Balaban J connectivity index is 1.32. The van der Waals surface area contributed by atoms with Gasteiger partial charge in [-0.25, -0.2) is 0 Å². The molecule has 8 heteroatoms. The second-order valence-electron chi connectivity index (χ2n) is 7.74. The van der Waals surface area contributed by atoms with Crippen molar-refractivity contribution in [2.45, 2.75) is 12.7 Å². The van der Waals surface area contributed by atoms with Crippen molar-refractivity contribution >= 4 is 35.0 Å². The molecular formula is C24H25ClN4O2S. The van der Waals surface area contributed by atoms with Crippen LogP contribution in [-0.4, -0.2) is 52.5 Å². The van der Waals surface area contributed by atoms with E-state index in [-0.39, 0.29) is 16.5 Å². The van der Waals surface area contributed by atoms with Crippen LogP contribution in [0.2, 0.25) is 5.02 Å². The summed E-state index contributed by atoms with van der Waals surface area (Å²) in [6.45, 7) is 4.50. The first-order chi connectivity index (χ1) is 15.5. The largest absolute Gasteiger partial charge is 0.365 e. The molecule has 0 saturated carbocycles.